The van der Waals surface area contributed by atoms with Gasteiger partial charge in [-0.3, -0.25) is 4.79 Å². The van der Waals surface area contributed by atoms with Gasteiger partial charge in [-0.25, -0.2) is 13.1 Å². The molecule has 1 aromatic rings. The fraction of sp³-hybridized carbons (Fsp3) is 0.462. The number of benzene rings is 1. The maximum atomic E-state index is 11.6. The van der Waals surface area contributed by atoms with E-state index in [1.807, 2.05) is 0 Å². The fourth-order valence-corrected chi connectivity index (χ4v) is 2.31. The first-order valence-corrected chi connectivity index (χ1v) is 9.22. The zero-order valence-electron chi connectivity index (χ0n) is 12.1. The summed E-state index contributed by atoms with van der Waals surface area (Å²) in [5.74, 6) is 0.198. The Labute approximate surface area is 140 Å². The fourth-order valence-electron chi connectivity index (χ4n) is 1.50. The number of rotatable bonds is 9. The van der Waals surface area contributed by atoms with E-state index in [0.29, 0.717) is 41.7 Å². The summed E-state index contributed by atoms with van der Waals surface area (Å²) in [4.78, 5) is 11.6. The second-order valence-corrected chi connectivity index (χ2v) is 7.24. The number of ether oxygens (including phenoxy) is 1. The van der Waals surface area contributed by atoms with Crippen molar-refractivity contribution in [3.63, 3.8) is 0 Å². The molecule has 1 aromatic carbocycles. The first-order chi connectivity index (χ1) is 10.3. The number of hydrogen-bond acceptors (Lipinski definition) is 4. The maximum absolute atomic E-state index is 11.6. The van der Waals surface area contributed by atoms with Gasteiger partial charge in [0.15, 0.2) is 6.61 Å². The van der Waals surface area contributed by atoms with Gasteiger partial charge < -0.3 is 10.1 Å². The van der Waals surface area contributed by atoms with Crippen molar-refractivity contribution in [2.45, 2.75) is 12.8 Å². The lowest BCUT2D eigenvalue weighted by Gasteiger charge is -2.08. The quantitative estimate of drug-likeness (QED) is 0.651. The van der Waals surface area contributed by atoms with Gasteiger partial charge in [-0.2, -0.15) is 0 Å². The second kappa shape index (κ2) is 9.19. The predicted octanol–water partition coefficient (Wildman–Crippen LogP) is 1.82. The van der Waals surface area contributed by atoms with Crippen LogP contribution in [0.4, 0.5) is 0 Å². The van der Waals surface area contributed by atoms with Crippen molar-refractivity contribution in [1.82, 2.24) is 10.0 Å². The highest BCUT2D eigenvalue weighted by atomic mass is 35.5. The second-order valence-electron chi connectivity index (χ2n) is 4.59. The number of amides is 1. The summed E-state index contributed by atoms with van der Waals surface area (Å²) in [6.45, 7) is 0.684. The Hall–Kier alpha value is -1.02. The molecule has 2 N–H and O–H groups in total. The van der Waals surface area contributed by atoms with Crippen molar-refractivity contribution in [2.24, 2.45) is 0 Å². The average molecular weight is 369 g/mol. The molecule has 0 fully saturated rings. The summed E-state index contributed by atoms with van der Waals surface area (Å²) in [6, 6.07) is 4.75. The SMILES string of the molecule is CS(=O)(=O)NCCCCNC(=O)COc1ccc(Cl)c(Cl)c1. The molecule has 124 valence electrons. The molecule has 9 heteroatoms. The van der Waals surface area contributed by atoms with E-state index >= 15 is 0 Å². The minimum Gasteiger partial charge on any atom is -0.484 e. The first kappa shape index (κ1) is 19.0. The molecule has 0 saturated heterocycles. The van der Waals surface area contributed by atoms with E-state index < -0.39 is 10.0 Å². The largest absolute Gasteiger partial charge is 0.484 e. The molecule has 0 spiro atoms. The predicted molar refractivity (Wildman–Crippen MR) is 87.0 cm³/mol. The lowest BCUT2D eigenvalue weighted by molar-refractivity contribution is -0.123. The zero-order chi connectivity index (χ0) is 16.6. The number of nitrogens with one attached hydrogen (secondary N) is 2. The molecular formula is C13H18Cl2N2O4S. The van der Waals surface area contributed by atoms with Gasteiger partial charge in [-0.15, -0.1) is 0 Å². The van der Waals surface area contributed by atoms with Gasteiger partial charge >= 0.3 is 0 Å². The van der Waals surface area contributed by atoms with Gasteiger partial charge in [0.25, 0.3) is 5.91 Å². The highest BCUT2D eigenvalue weighted by Gasteiger charge is 2.05. The number of sulfonamides is 1. The molecule has 0 heterocycles. The molecule has 0 saturated carbocycles. The Morgan fingerprint density at radius 3 is 2.50 bits per heavy atom. The van der Waals surface area contributed by atoms with Gasteiger partial charge in [0.2, 0.25) is 10.0 Å². The number of unbranched alkanes of at least 4 members (excludes halogenated alkanes) is 1. The minimum absolute atomic E-state index is 0.125. The molecular weight excluding hydrogens is 351 g/mol. The number of hydrogen-bond donors (Lipinski definition) is 2. The molecule has 0 bridgehead atoms. The Bertz CT molecular complexity index is 608. The molecule has 6 nitrogen and oxygen atoms in total. The van der Waals surface area contributed by atoms with E-state index in [0.717, 1.165) is 6.26 Å². The highest BCUT2D eigenvalue weighted by molar-refractivity contribution is 7.88. The molecule has 0 radical (unpaired) electrons. The Morgan fingerprint density at radius 2 is 1.86 bits per heavy atom. The monoisotopic (exact) mass is 368 g/mol. The third kappa shape index (κ3) is 8.43. The molecule has 0 unspecified atom stereocenters. The van der Waals surface area contributed by atoms with Crippen LogP contribution in [0, 0.1) is 0 Å². The molecule has 0 aliphatic rings. The van der Waals surface area contributed by atoms with Gasteiger partial charge in [0.1, 0.15) is 5.75 Å². The summed E-state index contributed by atoms with van der Waals surface area (Å²) in [5, 5.41) is 3.45. The van der Waals surface area contributed by atoms with E-state index in [-0.39, 0.29) is 12.5 Å². The van der Waals surface area contributed by atoms with Crippen LogP contribution in [0.25, 0.3) is 0 Å². The van der Waals surface area contributed by atoms with Crippen LogP contribution in [0.5, 0.6) is 5.75 Å². The van der Waals surface area contributed by atoms with Crippen LogP contribution >= 0.6 is 23.2 Å². The van der Waals surface area contributed by atoms with Crippen molar-refractivity contribution in [3.05, 3.63) is 28.2 Å². The number of halogens is 2. The number of carbonyl (C=O) groups excluding carboxylic acids is 1. The van der Waals surface area contributed by atoms with E-state index in [2.05, 4.69) is 10.0 Å². The lowest BCUT2D eigenvalue weighted by atomic mass is 10.3. The maximum Gasteiger partial charge on any atom is 0.257 e. The van der Waals surface area contributed by atoms with Crippen LogP contribution in [0.15, 0.2) is 18.2 Å². The van der Waals surface area contributed by atoms with Crippen LogP contribution in [0.1, 0.15) is 12.8 Å². The van der Waals surface area contributed by atoms with E-state index in [1.165, 1.54) is 6.07 Å². The minimum atomic E-state index is -3.15. The normalized spacial score (nSPS) is 11.2. The first-order valence-electron chi connectivity index (χ1n) is 6.57. The molecule has 0 aliphatic heterocycles. The Balaban J connectivity index is 2.14. The van der Waals surface area contributed by atoms with E-state index in [4.69, 9.17) is 27.9 Å². The summed E-state index contributed by atoms with van der Waals surface area (Å²) in [6.07, 6.45) is 2.41. The van der Waals surface area contributed by atoms with Gasteiger partial charge in [0.05, 0.1) is 16.3 Å². The average Bonchev–Trinajstić information content (AvgIpc) is 2.43. The Kier molecular flexibility index (Phi) is 7.95. The topological polar surface area (TPSA) is 84.5 Å². The van der Waals surface area contributed by atoms with Gasteiger partial charge in [-0.1, -0.05) is 23.2 Å². The van der Waals surface area contributed by atoms with Gasteiger partial charge in [-0.05, 0) is 25.0 Å². The van der Waals surface area contributed by atoms with Crippen molar-refractivity contribution in [2.75, 3.05) is 26.0 Å². The molecule has 0 atom stereocenters. The molecule has 1 amide bonds. The van der Waals surface area contributed by atoms with Crippen molar-refractivity contribution in [1.29, 1.82) is 0 Å². The Morgan fingerprint density at radius 1 is 1.18 bits per heavy atom. The molecule has 0 aromatic heterocycles. The standard InChI is InChI=1S/C13H18Cl2N2O4S/c1-22(19,20)17-7-3-2-6-16-13(18)9-21-10-4-5-11(14)12(15)8-10/h4-5,8,17H,2-3,6-7,9H2,1H3,(H,16,18). The van der Waals surface area contributed by atoms with Crippen molar-refractivity contribution >= 4 is 39.1 Å². The highest BCUT2D eigenvalue weighted by Crippen LogP contribution is 2.26. The van der Waals surface area contributed by atoms with Crippen LogP contribution in [-0.2, 0) is 14.8 Å². The van der Waals surface area contributed by atoms with Crippen molar-refractivity contribution < 1.29 is 17.9 Å². The molecule has 1 rings (SSSR count). The summed E-state index contributed by atoms with van der Waals surface area (Å²) >= 11 is 11.6. The van der Waals surface area contributed by atoms with Crippen LogP contribution in [0.3, 0.4) is 0 Å². The van der Waals surface area contributed by atoms with Crippen LogP contribution in [0.2, 0.25) is 10.0 Å². The van der Waals surface area contributed by atoms with Crippen LogP contribution < -0.4 is 14.8 Å². The third-order valence-corrected chi connectivity index (χ3v) is 4.02. The smallest absolute Gasteiger partial charge is 0.257 e. The van der Waals surface area contributed by atoms with Crippen LogP contribution in [-0.4, -0.2) is 40.3 Å². The summed E-state index contributed by atoms with van der Waals surface area (Å²) in [7, 11) is -3.15. The molecule has 0 aliphatic carbocycles. The number of carbonyl (C=O) groups is 1. The van der Waals surface area contributed by atoms with E-state index in [1.54, 1.807) is 12.1 Å². The third-order valence-electron chi connectivity index (χ3n) is 2.55. The molecule has 22 heavy (non-hydrogen) atoms. The van der Waals surface area contributed by atoms with E-state index in [9.17, 15) is 13.2 Å². The lowest BCUT2D eigenvalue weighted by Crippen LogP contribution is -2.30. The summed E-state index contributed by atoms with van der Waals surface area (Å²) in [5.41, 5.74) is 0. The van der Waals surface area contributed by atoms with Gasteiger partial charge in [0, 0.05) is 19.2 Å². The summed E-state index contributed by atoms with van der Waals surface area (Å²) < 4.78 is 29.3. The van der Waals surface area contributed by atoms with Crippen molar-refractivity contribution in [3.8, 4) is 5.75 Å². The zero-order valence-corrected chi connectivity index (χ0v) is 14.4.